The van der Waals surface area contributed by atoms with Gasteiger partial charge in [0.05, 0.1) is 35.6 Å². The SMILES string of the molecule is CCc1cc2ncc(CN3CCN(c4ccc(C(=O)N[C@@H]5CCCOC5)nc4)CC3)cc2[nH]c1=O. The molecule has 2 N–H and O–H groups in total. The second-order valence-corrected chi connectivity index (χ2v) is 9.31. The Morgan fingerprint density at radius 2 is 2.03 bits per heavy atom. The third kappa shape index (κ3) is 5.52. The molecule has 0 bridgehead atoms. The maximum Gasteiger partial charge on any atom is 0.270 e. The Morgan fingerprint density at radius 1 is 1.17 bits per heavy atom. The van der Waals surface area contributed by atoms with Crippen LogP contribution in [0, 0.1) is 0 Å². The number of aromatic nitrogens is 3. The molecule has 0 aromatic carbocycles. The van der Waals surface area contributed by atoms with E-state index in [2.05, 4.69) is 30.1 Å². The van der Waals surface area contributed by atoms with Crippen LogP contribution in [0.15, 0.2) is 41.5 Å². The van der Waals surface area contributed by atoms with Gasteiger partial charge < -0.3 is 19.9 Å². The molecule has 0 unspecified atom stereocenters. The van der Waals surface area contributed by atoms with Crippen LogP contribution in [0.4, 0.5) is 5.69 Å². The molecule has 0 spiro atoms. The number of amides is 1. The molecule has 2 fully saturated rings. The minimum Gasteiger partial charge on any atom is -0.379 e. The zero-order valence-corrected chi connectivity index (χ0v) is 20.1. The van der Waals surface area contributed by atoms with Gasteiger partial charge in [0.1, 0.15) is 5.69 Å². The Bertz CT molecular complexity index is 1230. The lowest BCUT2D eigenvalue weighted by Gasteiger charge is -2.36. The van der Waals surface area contributed by atoms with Crippen molar-refractivity contribution < 1.29 is 9.53 Å². The van der Waals surface area contributed by atoms with Crippen LogP contribution >= 0.6 is 0 Å². The minimum atomic E-state index is -0.145. The predicted molar refractivity (Wildman–Crippen MR) is 135 cm³/mol. The van der Waals surface area contributed by atoms with Crippen LogP contribution in [0.2, 0.25) is 0 Å². The van der Waals surface area contributed by atoms with Crippen LogP contribution in [0.5, 0.6) is 0 Å². The number of fused-ring (bicyclic) bond motifs is 1. The molecule has 1 atom stereocenters. The van der Waals surface area contributed by atoms with E-state index in [1.54, 1.807) is 12.3 Å². The number of rotatable bonds is 6. The summed E-state index contributed by atoms with van der Waals surface area (Å²) in [5.74, 6) is -0.145. The van der Waals surface area contributed by atoms with Crippen molar-refractivity contribution in [2.75, 3.05) is 44.3 Å². The first-order chi connectivity index (χ1) is 17.1. The molecule has 5 heterocycles. The van der Waals surface area contributed by atoms with Crippen molar-refractivity contribution in [3.05, 3.63) is 63.8 Å². The average Bonchev–Trinajstić information content (AvgIpc) is 2.89. The molecule has 3 aromatic rings. The highest BCUT2D eigenvalue weighted by atomic mass is 16.5. The van der Waals surface area contributed by atoms with Gasteiger partial charge in [-0.2, -0.15) is 0 Å². The third-order valence-corrected chi connectivity index (χ3v) is 6.83. The van der Waals surface area contributed by atoms with Gasteiger partial charge in [-0.3, -0.25) is 19.5 Å². The summed E-state index contributed by atoms with van der Waals surface area (Å²) in [5.41, 5.74) is 4.89. The molecule has 2 aliphatic heterocycles. The van der Waals surface area contributed by atoms with E-state index < -0.39 is 0 Å². The monoisotopic (exact) mass is 476 g/mol. The van der Waals surface area contributed by atoms with Crippen LogP contribution < -0.4 is 15.8 Å². The zero-order valence-electron chi connectivity index (χ0n) is 20.1. The highest BCUT2D eigenvalue weighted by Gasteiger charge is 2.20. The van der Waals surface area contributed by atoms with E-state index in [-0.39, 0.29) is 17.5 Å². The first-order valence-corrected chi connectivity index (χ1v) is 12.4. The molecular weight excluding hydrogens is 444 g/mol. The number of ether oxygens (including phenoxy) is 1. The first-order valence-electron chi connectivity index (χ1n) is 12.4. The molecule has 2 saturated heterocycles. The lowest BCUT2D eigenvalue weighted by Crippen LogP contribution is -2.46. The Labute approximate surface area is 204 Å². The summed E-state index contributed by atoms with van der Waals surface area (Å²) in [4.78, 5) is 41.2. The molecule has 0 radical (unpaired) electrons. The van der Waals surface area contributed by atoms with Gasteiger partial charge in [0.25, 0.3) is 11.5 Å². The number of hydrogen-bond donors (Lipinski definition) is 2. The van der Waals surface area contributed by atoms with Crippen LogP contribution in [0.1, 0.15) is 41.4 Å². The fourth-order valence-corrected chi connectivity index (χ4v) is 4.76. The Balaban J connectivity index is 1.15. The molecular formula is C26H32N6O3. The Hall–Kier alpha value is -3.30. The Kier molecular flexibility index (Phi) is 7.06. The molecule has 5 rings (SSSR count). The normalized spacial score (nSPS) is 19.1. The summed E-state index contributed by atoms with van der Waals surface area (Å²) in [6.07, 6.45) is 6.30. The number of aryl methyl sites for hydroxylation is 1. The summed E-state index contributed by atoms with van der Waals surface area (Å²) in [5, 5.41) is 3.01. The molecule has 184 valence electrons. The van der Waals surface area contributed by atoms with Crippen LogP contribution in [0.3, 0.4) is 0 Å². The van der Waals surface area contributed by atoms with Crippen molar-refractivity contribution in [3.8, 4) is 0 Å². The largest absolute Gasteiger partial charge is 0.379 e. The van der Waals surface area contributed by atoms with Crippen molar-refractivity contribution in [1.29, 1.82) is 0 Å². The number of carbonyl (C=O) groups is 1. The standard InChI is InChI=1S/C26H32N6O3/c1-2-19-13-23-24(30-25(19)33)12-18(14-27-23)16-31-7-9-32(10-8-31)21-5-6-22(28-15-21)26(34)29-20-4-3-11-35-17-20/h5-6,12-15,20H,2-4,7-11,16-17H2,1H3,(H,29,34)(H,30,33)/t20-/m1/s1. The molecule has 35 heavy (non-hydrogen) atoms. The van der Waals surface area contributed by atoms with Crippen molar-refractivity contribution in [2.45, 2.75) is 38.8 Å². The van der Waals surface area contributed by atoms with Gasteiger partial charge in [-0.15, -0.1) is 0 Å². The fourth-order valence-electron chi connectivity index (χ4n) is 4.76. The molecule has 0 aliphatic carbocycles. The first kappa shape index (κ1) is 23.4. The van der Waals surface area contributed by atoms with Crippen molar-refractivity contribution >= 4 is 22.6 Å². The quantitative estimate of drug-likeness (QED) is 0.562. The third-order valence-electron chi connectivity index (χ3n) is 6.83. The molecule has 9 heteroatoms. The molecule has 1 amide bonds. The highest BCUT2D eigenvalue weighted by molar-refractivity contribution is 5.92. The van der Waals surface area contributed by atoms with Crippen LogP contribution in [-0.2, 0) is 17.7 Å². The van der Waals surface area contributed by atoms with Crippen molar-refractivity contribution in [2.24, 2.45) is 0 Å². The number of anilines is 1. The van der Waals surface area contributed by atoms with Gasteiger partial charge in [-0.05, 0) is 49.1 Å². The highest BCUT2D eigenvalue weighted by Crippen LogP contribution is 2.18. The summed E-state index contributed by atoms with van der Waals surface area (Å²) < 4.78 is 5.43. The topological polar surface area (TPSA) is 103 Å². The lowest BCUT2D eigenvalue weighted by atomic mass is 10.1. The second-order valence-electron chi connectivity index (χ2n) is 9.31. The lowest BCUT2D eigenvalue weighted by molar-refractivity contribution is 0.0622. The van der Waals surface area contributed by atoms with Gasteiger partial charge >= 0.3 is 0 Å². The van der Waals surface area contributed by atoms with Crippen LogP contribution in [0.25, 0.3) is 11.0 Å². The number of hydrogen-bond acceptors (Lipinski definition) is 7. The number of nitrogens with one attached hydrogen (secondary N) is 2. The number of carbonyl (C=O) groups excluding carboxylic acids is 1. The number of pyridine rings is 3. The van der Waals surface area contributed by atoms with Gasteiger partial charge in [0.15, 0.2) is 0 Å². The fraction of sp³-hybridized carbons (Fsp3) is 0.462. The van der Waals surface area contributed by atoms with E-state index >= 15 is 0 Å². The van der Waals surface area contributed by atoms with Gasteiger partial charge in [-0.25, -0.2) is 4.98 Å². The molecule has 3 aromatic heterocycles. The molecule has 2 aliphatic rings. The number of aromatic amines is 1. The average molecular weight is 477 g/mol. The van der Waals surface area contributed by atoms with E-state index in [1.807, 2.05) is 31.3 Å². The maximum absolute atomic E-state index is 12.5. The van der Waals surface area contributed by atoms with E-state index in [0.29, 0.717) is 18.7 Å². The predicted octanol–water partition coefficient (Wildman–Crippen LogP) is 2.11. The molecule has 0 saturated carbocycles. The maximum atomic E-state index is 12.5. The van der Waals surface area contributed by atoms with E-state index in [9.17, 15) is 9.59 Å². The number of nitrogens with zero attached hydrogens (tertiary/aromatic N) is 4. The van der Waals surface area contributed by atoms with E-state index in [1.165, 1.54) is 0 Å². The van der Waals surface area contributed by atoms with Gasteiger partial charge in [0.2, 0.25) is 0 Å². The number of H-pyrrole nitrogens is 1. The van der Waals surface area contributed by atoms with E-state index in [4.69, 9.17) is 4.74 Å². The van der Waals surface area contributed by atoms with Gasteiger partial charge in [0, 0.05) is 51.1 Å². The summed E-state index contributed by atoms with van der Waals surface area (Å²) >= 11 is 0. The van der Waals surface area contributed by atoms with Crippen LogP contribution in [-0.4, -0.2) is 71.2 Å². The summed E-state index contributed by atoms with van der Waals surface area (Å²) in [7, 11) is 0. The Morgan fingerprint density at radius 3 is 2.74 bits per heavy atom. The van der Waals surface area contributed by atoms with Gasteiger partial charge in [-0.1, -0.05) is 6.92 Å². The zero-order chi connectivity index (χ0) is 24.2. The smallest absolute Gasteiger partial charge is 0.270 e. The van der Waals surface area contributed by atoms with E-state index in [0.717, 1.165) is 80.0 Å². The number of piperazine rings is 1. The summed E-state index contributed by atoms with van der Waals surface area (Å²) in [6, 6.07) is 7.75. The minimum absolute atomic E-state index is 0.0346. The van der Waals surface area contributed by atoms with Crippen molar-refractivity contribution in [1.82, 2.24) is 25.2 Å². The second kappa shape index (κ2) is 10.5. The molecule has 9 nitrogen and oxygen atoms in total. The summed E-state index contributed by atoms with van der Waals surface area (Å²) in [6.45, 7) is 7.68. The van der Waals surface area contributed by atoms with Crippen molar-refractivity contribution in [3.63, 3.8) is 0 Å².